The number of esters is 3. The van der Waals surface area contributed by atoms with Gasteiger partial charge in [0.1, 0.15) is 5.75 Å². The smallest absolute Gasteiger partial charge is 0.357 e. The molecule has 0 atom stereocenters. The molecule has 2 aliphatic heterocycles. The zero-order chi connectivity index (χ0) is 19.1. The first-order chi connectivity index (χ1) is 12.9. The van der Waals surface area contributed by atoms with Crippen LogP contribution in [0.5, 0.6) is 17.4 Å². The molecule has 0 saturated heterocycles. The maximum Gasteiger partial charge on any atom is 0.357 e. The van der Waals surface area contributed by atoms with E-state index in [0.717, 1.165) is 24.3 Å². The van der Waals surface area contributed by atoms with Crippen molar-refractivity contribution in [2.75, 3.05) is 0 Å². The average molecular weight is 369 g/mol. The Kier molecular flexibility index (Phi) is 3.58. The Morgan fingerprint density at radius 1 is 0.704 bits per heavy atom. The van der Waals surface area contributed by atoms with Crippen LogP contribution in [0.3, 0.4) is 0 Å². The van der Waals surface area contributed by atoms with Crippen LogP contribution in [-0.2, 0) is 19.2 Å². The Hall–Kier alpha value is -4.21. The Balaban J connectivity index is 2.14. The molecule has 2 aromatic rings. The standard InChI is InChI=1S/C17H7NO9/c19-10-4-5-11(20)25-15-14-8(2-1-3-9(14)24-10)16(23)18-17(15)26-12(21)6-7-13(22)27-18/h1-7H/b5-4+,7-6+. The molecule has 4 rings (SSSR count). The fourth-order valence-electron chi connectivity index (χ4n) is 2.49. The van der Waals surface area contributed by atoms with E-state index in [1.807, 2.05) is 0 Å². The second-order valence-corrected chi connectivity index (χ2v) is 5.25. The molecule has 10 heteroatoms. The Morgan fingerprint density at radius 2 is 1.33 bits per heavy atom. The van der Waals surface area contributed by atoms with Gasteiger partial charge in [-0.3, -0.25) is 4.79 Å². The minimum Gasteiger partial charge on any atom is -0.423 e. The predicted octanol–water partition coefficient (Wildman–Crippen LogP) is -0.188. The summed E-state index contributed by atoms with van der Waals surface area (Å²) in [7, 11) is 0. The molecule has 0 saturated carbocycles. The Labute approximate surface area is 148 Å². The molecular weight excluding hydrogens is 362 g/mol. The predicted molar refractivity (Wildman–Crippen MR) is 85.0 cm³/mol. The first-order valence-corrected chi connectivity index (χ1v) is 7.39. The van der Waals surface area contributed by atoms with Gasteiger partial charge in [0.15, 0.2) is 0 Å². The van der Waals surface area contributed by atoms with Gasteiger partial charge in [-0.05, 0) is 12.1 Å². The molecule has 0 amide bonds. The molecule has 0 radical (unpaired) electrons. The number of aromatic nitrogens is 1. The van der Waals surface area contributed by atoms with E-state index in [1.54, 1.807) is 0 Å². The zero-order valence-corrected chi connectivity index (χ0v) is 13.2. The summed E-state index contributed by atoms with van der Waals surface area (Å²) in [4.78, 5) is 65.0. The first-order valence-electron chi connectivity index (χ1n) is 7.39. The average Bonchev–Trinajstić information content (AvgIpc) is 2.68. The molecule has 0 spiro atoms. The lowest BCUT2D eigenvalue weighted by Gasteiger charge is -2.18. The molecular formula is C17H7NO9. The van der Waals surface area contributed by atoms with E-state index in [1.165, 1.54) is 18.2 Å². The van der Waals surface area contributed by atoms with E-state index >= 15 is 0 Å². The summed E-state index contributed by atoms with van der Waals surface area (Å²) in [6.07, 6.45) is 3.16. The number of hydrogen-bond acceptors (Lipinski definition) is 9. The Bertz CT molecular complexity index is 1170. The van der Waals surface area contributed by atoms with Crippen LogP contribution in [0.25, 0.3) is 10.8 Å². The third-order valence-electron chi connectivity index (χ3n) is 3.55. The second kappa shape index (κ2) is 5.95. The number of rotatable bonds is 0. The van der Waals surface area contributed by atoms with Gasteiger partial charge in [-0.2, -0.15) is 0 Å². The minimum absolute atomic E-state index is 0.104. The number of benzene rings is 1. The van der Waals surface area contributed by atoms with Crippen molar-refractivity contribution in [1.82, 2.24) is 4.73 Å². The number of carbonyl (C=O) groups is 4. The van der Waals surface area contributed by atoms with Gasteiger partial charge in [0.2, 0.25) is 5.75 Å². The highest BCUT2D eigenvalue weighted by Gasteiger charge is 2.29. The molecule has 0 fully saturated rings. The SMILES string of the molecule is O=C1/C=C/C(=O)Oc2c3n(c(=O)c4cccc(c24)O1)OC(=O)/C=C/C(=O)O3. The summed E-state index contributed by atoms with van der Waals surface area (Å²) >= 11 is 0. The first kappa shape index (κ1) is 16.3. The van der Waals surface area contributed by atoms with Crippen molar-refractivity contribution in [3.63, 3.8) is 0 Å². The van der Waals surface area contributed by atoms with Crippen molar-refractivity contribution in [1.29, 1.82) is 0 Å². The highest BCUT2D eigenvalue weighted by Crippen LogP contribution is 2.40. The maximum atomic E-state index is 12.8. The molecule has 1 aromatic carbocycles. The third-order valence-corrected chi connectivity index (χ3v) is 3.55. The summed E-state index contributed by atoms with van der Waals surface area (Å²) in [6, 6.07) is 4.09. The lowest BCUT2D eigenvalue weighted by atomic mass is 10.1. The number of fused-ring (bicyclic) bond motifs is 2. The van der Waals surface area contributed by atoms with Crippen molar-refractivity contribution < 1.29 is 38.2 Å². The lowest BCUT2D eigenvalue weighted by molar-refractivity contribution is -0.143. The van der Waals surface area contributed by atoms with Gasteiger partial charge >= 0.3 is 23.9 Å². The van der Waals surface area contributed by atoms with E-state index in [2.05, 4.69) is 0 Å². The lowest BCUT2D eigenvalue weighted by Crippen LogP contribution is -2.34. The van der Waals surface area contributed by atoms with E-state index < -0.39 is 41.1 Å². The summed E-state index contributed by atoms with van der Waals surface area (Å²) < 4.78 is 15.7. The van der Waals surface area contributed by atoms with E-state index in [4.69, 9.17) is 19.0 Å². The van der Waals surface area contributed by atoms with Crippen LogP contribution in [0.1, 0.15) is 0 Å². The molecule has 0 aliphatic carbocycles. The maximum absolute atomic E-state index is 12.8. The van der Waals surface area contributed by atoms with Gasteiger partial charge in [0, 0.05) is 24.3 Å². The molecule has 0 bridgehead atoms. The molecule has 27 heavy (non-hydrogen) atoms. The van der Waals surface area contributed by atoms with Crippen molar-refractivity contribution in [3.8, 4) is 17.4 Å². The molecule has 134 valence electrons. The van der Waals surface area contributed by atoms with E-state index in [9.17, 15) is 24.0 Å². The number of carbonyl (C=O) groups excluding carboxylic acids is 4. The summed E-state index contributed by atoms with van der Waals surface area (Å²) in [5.41, 5.74) is -0.902. The van der Waals surface area contributed by atoms with Gasteiger partial charge < -0.3 is 19.0 Å². The quantitative estimate of drug-likeness (QED) is 0.458. The summed E-state index contributed by atoms with van der Waals surface area (Å²) in [5, 5.41) is -0.213. The molecule has 0 N–H and O–H groups in total. The van der Waals surface area contributed by atoms with Crippen LogP contribution in [0.4, 0.5) is 0 Å². The highest BCUT2D eigenvalue weighted by molar-refractivity contribution is 6.03. The number of pyridine rings is 1. The van der Waals surface area contributed by atoms with E-state index in [-0.39, 0.29) is 16.5 Å². The van der Waals surface area contributed by atoms with Gasteiger partial charge in [-0.1, -0.05) is 10.8 Å². The van der Waals surface area contributed by atoms with Crippen molar-refractivity contribution >= 4 is 34.6 Å². The van der Waals surface area contributed by atoms with E-state index in [0.29, 0.717) is 4.73 Å². The van der Waals surface area contributed by atoms with Crippen LogP contribution >= 0.6 is 0 Å². The topological polar surface area (TPSA) is 127 Å². The molecule has 2 aliphatic rings. The van der Waals surface area contributed by atoms with Gasteiger partial charge in [-0.25, -0.2) is 19.2 Å². The molecule has 0 unspecified atom stereocenters. The summed E-state index contributed by atoms with van der Waals surface area (Å²) in [5.74, 6) is -5.14. The Morgan fingerprint density at radius 3 is 2.07 bits per heavy atom. The third kappa shape index (κ3) is 2.74. The van der Waals surface area contributed by atoms with Gasteiger partial charge in [0.05, 0.1) is 10.8 Å². The van der Waals surface area contributed by atoms with Gasteiger partial charge in [-0.15, -0.1) is 0 Å². The van der Waals surface area contributed by atoms with Crippen molar-refractivity contribution in [2.24, 2.45) is 0 Å². The van der Waals surface area contributed by atoms with Crippen LogP contribution in [0.15, 0.2) is 47.3 Å². The zero-order valence-electron chi connectivity index (χ0n) is 13.2. The van der Waals surface area contributed by atoms with Crippen LogP contribution < -0.4 is 24.6 Å². The van der Waals surface area contributed by atoms with Crippen LogP contribution in [-0.4, -0.2) is 28.6 Å². The number of nitrogens with zero attached hydrogens (tertiary/aromatic N) is 1. The highest BCUT2D eigenvalue weighted by atomic mass is 16.7. The number of hydrogen-bond donors (Lipinski definition) is 0. The van der Waals surface area contributed by atoms with Crippen molar-refractivity contribution in [3.05, 3.63) is 52.9 Å². The van der Waals surface area contributed by atoms with Gasteiger partial charge in [0.25, 0.3) is 11.4 Å². The second-order valence-electron chi connectivity index (χ2n) is 5.25. The normalized spacial score (nSPS) is 18.4. The fraction of sp³-hybridized carbons (Fsp3) is 0. The van der Waals surface area contributed by atoms with Crippen LogP contribution in [0, 0.1) is 0 Å². The molecule has 1 aromatic heterocycles. The summed E-state index contributed by atoms with van der Waals surface area (Å²) in [6.45, 7) is 0. The largest absolute Gasteiger partial charge is 0.423 e. The van der Waals surface area contributed by atoms with Crippen molar-refractivity contribution in [2.45, 2.75) is 0 Å². The van der Waals surface area contributed by atoms with Crippen LogP contribution in [0.2, 0.25) is 0 Å². The monoisotopic (exact) mass is 369 g/mol. The fourth-order valence-corrected chi connectivity index (χ4v) is 2.49. The minimum atomic E-state index is -1.03. The molecule has 3 heterocycles. The number of ether oxygens (including phenoxy) is 3. The molecule has 10 nitrogen and oxygen atoms in total.